The van der Waals surface area contributed by atoms with E-state index in [1.807, 2.05) is 37.3 Å². The minimum absolute atomic E-state index is 0.0722. The smallest absolute Gasteiger partial charge is 0.269 e. The average molecular weight is 341 g/mol. The van der Waals surface area contributed by atoms with E-state index in [1.54, 1.807) is 23.9 Å². The van der Waals surface area contributed by atoms with Gasteiger partial charge in [0.1, 0.15) is 0 Å². The molecule has 0 amide bonds. The van der Waals surface area contributed by atoms with Crippen LogP contribution in [0.3, 0.4) is 0 Å². The maximum atomic E-state index is 10.8. The molecule has 1 aromatic heterocycles. The van der Waals surface area contributed by atoms with Crippen molar-refractivity contribution in [1.82, 2.24) is 9.78 Å². The molecule has 2 aromatic carbocycles. The molecule has 0 N–H and O–H groups in total. The Kier molecular flexibility index (Phi) is 4.52. The fraction of sp³-hybridized carbons (Fsp3) is 0.118. The van der Waals surface area contributed by atoms with Gasteiger partial charge in [0.05, 0.1) is 28.3 Å². The zero-order valence-corrected chi connectivity index (χ0v) is 14.0. The van der Waals surface area contributed by atoms with Crippen molar-refractivity contribution >= 4 is 17.4 Å². The molecule has 0 saturated heterocycles. The molecule has 0 radical (unpaired) electrons. The number of ether oxygens (including phenoxy) is 1. The third kappa shape index (κ3) is 3.11. The quantitative estimate of drug-likeness (QED) is 0.512. The molecular formula is C17H15N3O3S. The third-order valence-corrected chi connectivity index (χ3v) is 4.61. The van der Waals surface area contributed by atoms with Gasteiger partial charge in [0, 0.05) is 17.0 Å². The Bertz CT molecular complexity index is 861. The van der Waals surface area contributed by atoms with Gasteiger partial charge < -0.3 is 4.74 Å². The van der Waals surface area contributed by atoms with Gasteiger partial charge in [-0.1, -0.05) is 30.0 Å². The van der Waals surface area contributed by atoms with E-state index in [0.29, 0.717) is 5.88 Å². The largest absolute Gasteiger partial charge is 0.480 e. The number of benzene rings is 2. The summed E-state index contributed by atoms with van der Waals surface area (Å²) in [5.41, 5.74) is 1.81. The molecule has 0 aliphatic carbocycles. The molecule has 0 atom stereocenters. The number of aryl methyl sites for hydroxylation is 1. The number of nitro groups is 1. The summed E-state index contributed by atoms with van der Waals surface area (Å²) >= 11 is 1.47. The highest BCUT2D eigenvalue weighted by Crippen LogP contribution is 2.39. The van der Waals surface area contributed by atoms with E-state index in [4.69, 9.17) is 4.74 Å². The van der Waals surface area contributed by atoms with Crippen LogP contribution in [0.4, 0.5) is 5.69 Å². The van der Waals surface area contributed by atoms with Crippen LogP contribution in [0.1, 0.15) is 5.69 Å². The predicted octanol–water partition coefficient (Wildman–Crippen LogP) is 4.25. The average Bonchev–Trinajstić information content (AvgIpc) is 2.92. The van der Waals surface area contributed by atoms with Crippen LogP contribution in [0.5, 0.6) is 5.88 Å². The van der Waals surface area contributed by atoms with E-state index in [-0.39, 0.29) is 5.69 Å². The maximum Gasteiger partial charge on any atom is 0.269 e. The topological polar surface area (TPSA) is 70.2 Å². The van der Waals surface area contributed by atoms with Gasteiger partial charge in [-0.05, 0) is 31.2 Å². The van der Waals surface area contributed by atoms with Crippen LogP contribution in [0.15, 0.2) is 64.4 Å². The molecule has 7 heteroatoms. The number of rotatable bonds is 5. The van der Waals surface area contributed by atoms with Crippen molar-refractivity contribution in [2.24, 2.45) is 0 Å². The second-order valence-electron chi connectivity index (χ2n) is 5.02. The summed E-state index contributed by atoms with van der Waals surface area (Å²) in [6.07, 6.45) is 0. The molecule has 24 heavy (non-hydrogen) atoms. The van der Waals surface area contributed by atoms with E-state index in [0.717, 1.165) is 21.2 Å². The Hall–Kier alpha value is -2.80. The van der Waals surface area contributed by atoms with Crippen molar-refractivity contribution < 1.29 is 9.66 Å². The minimum atomic E-state index is -0.409. The van der Waals surface area contributed by atoms with Crippen LogP contribution in [-0.2, 0) is 0 Å². The van der Waals surface area contributed by atoms with E-state index in [1.165, 1.54) is 23.9 Å². The SMILES string of the molecule is COc1c(Sc2ccc([N+](=O)[O-])cc2)c(C)nn1-c1ccccc1. The number of non-ortho nitro benzene ring substituents is 1. The lowest BCUT2D eigenvalue weighted by Gasteiger charge is -2.08. The molecule has 3 aromatic rings. The number of nitro benzene ring substituents is 1. The molecule has 6 nitrogen and oxygen atoms in total. The monoisotopic (exact) mass is 341 g/mol. The molecule has 0 aliphatic heterocycles. The van der Waals surface area contributed by atoms with Gasteiger partial charge in [-0.15, -0.1) is 0 Å². The second kappa shape index (κ2) is 6.76. The molecule has 0 bridgehead atoms. The van der Waals surface area contributed by atoms with Gasteiger partial charge in [0.15, 0.2) is 0 Å². The first-order valence-electron chi connectivity index (χ1n) is 7.21. The summed E-state index contributed by atoms with van der Waals surface area (Å²) in [4.78, 5) is 12.1. The summed E-state index contributed by atoms with van der Waals surface area (Å²) < 4.78 is 7.31. The molecule has 0 saturated carbocycles. The molecule has 0 spiro atoms. The molecular weight excluding hydrogens is 326 g/mol. The van der Waals surface area contributed by atoms with Crippen molar-refractivity contribution in [2.75, 3.05) is 7.11 Å². The summed E-state index contributed by atoms with van der Waals surface area (Å²) in [6, 6.07) is 16.2. The van der Waals surface area contributed by atoms with E-state index in [9.17, 15) is 10.1 Å². The molecule has 0 unspecified atom stereocenters. The van der Waals surface area contributed by atoms with Crippen molar-refractivity contribution in [3.63, 3.8) is 0 Å². The van der Waals surface area contributed by atoms with Gasteiger partial charge in [-0.3, -0.25) is 10.1 Å². The maximum absolute atomic E-state index is 10.8. The Balaban J connectivity index is 1.96. The van der Waals surface area contributed by atoms with Crippen molar-refractivity contribution in [3.8, 4) is 11.6 Å². The lowest BCUT2D eigenvalue weighted by atomic mass is 10.3. The van der Waals surface area contributed by atoms with Gasteiger partial charge in [-0.2, -0.15) is 9.78 Å². The zero-order chi connectivity index (χ0) is 17.1. The number of methoxy groups -OCH3 is 1. The molecule has 0 fully saturated rings. The molecule has 3 rings (SSSR count). The first-order chi connectivity index (χ1) is 11.6. The van der Waals surface area contributed by atoms with Crippen molar-refractivity contribution in [2.45, 2.75) is 16.7 Å². The summed E-state index contributed by atoms with van der Waals surface area (Å²) in [5, 5.41) is 15.3. The Morgan fingerprint density at radius 1 is 1.12 bits per heavy atom. The zero-order valence-electron chi connectivity index (χ0n) is 13.2. The van der Waals surface area contributed by atoms with Gasteiger partial charge >= 0.3 is 0 Å². The van der Waals surface area contributed by atoms with Crippen molar-refractivity contribution in [1.29, 1.82) is 0 Å². The lowest BCUT2D eigenvalue weighted by Crippen LogP contribution is -1.99. The fourth-order valence-corrected chi connectivity index (χ4v) is 3.24. The van der Waals surface area contributed by atoms with Crippen LogP contribution in [0.25, 0.3) is 5.69 Å². The van der Waals surface area contributed by atoms with Crippen LogP contribution >= 0.6 is 11.8 Å². The second-order valence-corrected chi connectivity index (χ2v) is 6.11. The lowest BCUT2D eigenvalue weighted by molar-refractivity contribution is -0.384. The molecule has 1 heterocycles. The van der Waals surface area contributed by atoms with Crippen LogP contribution < -0.4 is 4.74 Å². The summed E-state index contributed by atoms with van der Waals surface area (Å²) in [6.45, 7) is 1.91. The number of hydrogen-bond acceptors (Lipinski definition) is 5. The van der Waals surface area contributed by atoms with Gasteiger partial charge in [0.2, 0.25) is 5.88 Å². The first-order valence-corrected chi connectivity index (χ1v) is 8.03. The highest BCUT2D eigenvalue weighted by Gasteiger charge is 2.18. The predicted molar refractivity (Wildman–Crippen MR) is 92.1 cm³/mol. The number of nitrogens with zero attached hydrogens (tertiary/aromatic N) is 3. The fourth-order valence-electron chi connectivity index (χ4n) is 2.29. The van der Waals surface area contributed by atoms with Crippen LogP contribution in [-0.4, -0.2) is 21.8 Å². The Labute approximate surface area is 143 Å². The summed E-state index contributed by atoms with van der Waals surface area (Å²) in [5.74, 6) is 0.641. The molecule has 122 valence electrons. The van der Waals surface area contributed by atoms with E-state index >= 15 is 0 Å². The Morgan fingerprint density at radius 2 is 1.79 bits per heavy atom. The van der Waals surface area contributed by atoms with Crippen LogP contribution in [0.2, 0.25) is 0 Å². The van der Waals surface area contributed by atoms with E-state index < -0.39 is 4.92 Å². The van der Waals surface area contributed by atoms with E-state index in [2.05, 4.69) is 5.10 Å². The summed E-state index contributed by atoms with van der Waals surface area (Å²) in [7, 11) is 1.61. The third-order valence-electron chi connectivity index (χ3n) is 3.43. The van der Waals surface area contributed by atoms with Crippen molar-refractivity contribution in [3.05, 3.63) is 70.4 Å². The standard InChI is InChI=1S/C17H15N3O3S/c1-12-16(24-15-10-8-14(9-11-15)20(21)22)17(23-2)19(18-12)13-6-4-3-5-7-13/h3-11H,1-2H3. The first kappa shape index (κ1) is 16.1. The number of aromatic nitrogens is 2. The minimum Gasteiger partial charge on any atom is -0.480 e. The van der Waals surface area contributed by atoms with Gasteiger partial charge in [0.25, 0.3) is 5.69 Å². The van der Waals surface area contributed by atoms with Gasteiger partial charge in [-0.25, -0.2) is 0 Å². The van der Waals surface area contributed by atoms with Crippen LogP contribution in [0, 0.1) is 17.0 Å². The number of hydrogen-bond donors (Lipinski definition) is 0. The number of para-hydroxylation sites is 1. The molecule has 0 aliphatic rings. The Morgan fingerprint density at radius 3 is 2.38 bits per heavy atom. The normalized spacial score (nSPS) is 10.6. The highest BCUT2D eigenvalue weighted by atomic mass is 32.2. The highest BCUT2D eigenvalue weighted by molar-refractivity contribution is 7.99.